The summed E-state index contributed by atoms with van der Waals surface area (Å²) in [4.78, 5) is 21.1. The summed E-state index contributed by atoms with van der Waals surface area (Å²) in [5.74, 6) is -0.0918. The van der Waals surface area contributed by atoms with E-state index in [1.165, 1.54) is 0 Å². The van der Waals surface area contributed by atoms with E-state index in [0.29, 0.717) is 12.1 Å². The molecule has 2 saturated heterocycles. The van der Waals surface area contributed by atoms with Crippen LogP contribution in [0.4, 0.5) is 19.0 Å². The van der Waals surface area contributed by atoms with E-state index in [1.807, 2.05) is 42.5 Å². The molecule has 2 aliphatic heterocycles. The van der Waals surface area contributed by atoms with Gasteiger partial charge in [0.05, 0.1) is 0 Å². The molecule has 31 heavy (non-hydrogen) atoms. The van der Waals surface area contributed by atoms with E-state index < -0.39 is 17.5 Å². The van der Waals surface area contributed by atoms with Gasteiger partial charge in [-0.1, -0.05) is 36.4 Å². The Kier molecular flexibility index (Phi) is 6.18. The summed E-state index contributed by atoms with van der Waals surface area (Å²) in [5.41, 5.74) is -0.761. The molecule has 2 aromatic rings. The number of carbonyl (C=O) groups is 1. The second kappa shape index (κ2) is 8.86. The quantitative estimate of drug-likeness (QED) is 0.755. The van der Waals surface area contributed by atoms with Crippen LogP contribution in [0.5, 0.6) is 0 Å². The molecule has 1 aromatic heterocycles. The van der Waals surface area contributed by atoms with Crippen molar-refractivity contribution in [3.05, 3.63) is 59.8 Å². The molecular weight excluding hydrogens is 405 g/mol. The molecule has 166 valence electrons. The number of hydrogen-bond donors (Lipinski definition) is 1. The molecule has 2 aliphatic rings. The number of alkyl halides is 3. The molecular formula is C23H27F3N4O. The zero-order valence-electron chi connectivity index (χ0n) is 17.4. The van der Waals surface area contributed by atoms with Crippen LogP contribution in [0.25, 0.3) is 0 Å². The van der Waals surface area contributed by atoms with E-state index in [4.69, 9.17) is 0 Å². The first kappa shape index (κ1) is 21.6. The second-order valence-electron chi connectivity index (χ2n) is 8.43. The first-order chi connectivity index (χ1) is 14.9. The van der Waals surface area contributed by atoms with Gasteiger partial charge in [0.1, 0.15) is 5.82 Å². The van der Waals surface area contributed by atoms with E-state index in [-0.39, 0.29) is 26.1 Å². The average Bonchev–Trinajstić information content (AvgIpc) is 3.44. The lowest BCUT2D eigenvalue weighted by molar-refractivity contribution is -0.218. The highest BCUT2D eigenvalue weighted by Gasteiger charge is 2.62. The molecule has 1 N–H and O–H groups in total. The van der Waals surface area contributed by atoms with Gasteiger partial charge in [0, 0.05) is 38.9 Å². The van der Waals surface area contributed by atoms with E-state index in [9.17, 15) is 18.0 Å². The van der Waals surface area contributed by atoms with Crippen molar-refractivity contribution in [1.29, 1.82) is 0 Å². The van der Waals surface area contributed by atoms with Crippen molar-refractivity contribution in [1.82, 2.24) is 15.2 Å². The van der Waals surface area contributed by atoms with E-state index in [0.717, 1.165) is 37.3 Å². The average molecular weight is 432 g/mol. The van der Waals surface area contributed by atoms with Crippen LogP contribution in [0.15, 0.2) is 48.7 Å². The summed E-state index contributed by atoms with van der Waals surface area (Å²) in [6.07, 6.45) is -0.938. The first-order valence-electron chi connectivity index (χ1n) is 10.7. The largest absolute Gasteiger partial charge is 0.404 e. The molecule has 1 amide bonds. The minimum Gasteiger partial charge on any atom is -0.357 e. The highest BCUT2D eigenvalue weighted by molar-refractivity contribution is 5.84. The fourth-order valence-corrected chi connectivity index (χ4v) is 4.42. The Hall–Kier alpha value is -2.61. The van der Waals surface area contributed by atoms with E-state index >= 15 is 0 Å². The highest BCUT2D eigenvalue weighted by Crippen LogP contribution is 2.46. The molecule has 1 aromatic carbocycles. The highest BCUT2D eigenvalue weighted by atomic mass is 19.4. The third kappa shape index (κ3) is 4.69. The fourth-order valence-electron chi connectivity index (χ4n) is 4.42. The van der Waals surface area contributed by atoms with Crippen molar-refractivity contribution >= 4 is 11.7 Å². The van der Waals surface area contributed by atoms with Crippen LogP contribution >= 0.6 is 0 Å². The summed E-state index contributed by atoms with van der Waals surface area (Å²) in [6.45, 7) is 2.26. The maximum atomic E-state index is 14.0. The number of halogens is 3. The molecule has 4 rings (SSSR count). The summed E-state index contributed by atoms with van der Waals surface area (Å²) >= 11 is 0. The smallest absolute Gasteiger partial charge is 0.357 e. The van der Waals surface area contributed by atoms with Gasteiger partial charge < -0.3 is 10.2 Å². The van der Waals surface area contributed by atoms with Crippen LogP contribution < -0.4 is 10.2 Å². The molecule has 5 nitrogen and oxygen atoms in total. The Morgan fingerprint density at radius 2 is 1.77 bits per heavy atom. The van der Waals surface area contributed by atoms with Gasteiger partial charge in [-0.2, -0.15) is 13.2 Å². The van der Waals surface area contributed by atoms with Gasteiger partial charge in [-0.25, -0.2) is 4.98 Å². The summed E-state index contributed by atoms with van der Waals surface area (Å²) in [5, 5.41) is 2.52. The minimum absolute atomic E-state index is 0.0304. The minimum atomic E-state index is -4.61. The van der Waals surface area contributed by atoms with Crippen LogP contribution in [0.3, 0.4) is 0 Å². The Morgan fingerprint density at radius 1 is 1.03 bits per heavy atom. The fraction of sp³-hybridized carbons (Fsp3) is 0.478. The number of likely N-dealkylation sites (tertiary alicyclic amines) is 1. The second-order valence-corrected chi connectivity index (χ2v) is 8.43. The molecule has 8 heteroatoms. The lowest BCUT2D eigenvalue weighted by Gasteiger charge is -2.30. The molecule has 0 radical (unpaired) electrons. The number of nitrogens with zero attached hydrogens (tertiary/aromatic N) is 3. The predicted molar refractivity (Wildman–Crippen MR) is 112 cm³/mol. The third-order valence-electron chi connectivity index (χ3n) is 6.27. The standard InChI is InChI=1S/C23H27F3N4O/c24-23(25,26)22(10-13-29(17-22)16-18-6-2-1-3-7-18)21(31)28-15-19-8-9-20(27-14-19)30-11-4-5-12-30/h1-3,6-9,14H,4-5,10-13,15-17H2,(H,28,31). The lowest BCUT2D eigenvalue weighted by atomic mass is 9.85. The van der Waals surface area contributed by atoms with Gasteiger partial charge in [0.25, 0.3) is 0 Å². The zero-order valence-corrected chi connectivity index (χ0v) is 17.4. The van der Waals surface area contributed by atoms with E-state index in [1.54, 1.807) is 11.1 Å². The number of hydrogen-bond acceptors (Lipinski definition) is 4. The molecule has 3 heterocycles. The number of aromatic nitrogens is 1. The van der Waals surface area contributed by atoms with Gasteiger partial charge in [-0.3, -0.25) is 9.69 Å². The monoisotopic (exact) mass is 432 g/mol. The molecule has 0 bridgehead atoms. The molecule has 0 saturated carbocycles. The molecule has 1 unspecified atom stereocenters. The summed E-state index contributed by atoms with van der Waals surface area (Å²) in [7, 11) is 0. The van der Waals surface area contributed by atoms with Gasteiger partial charge in [0.2, 0.25) is 5.91 Å². The van der Waals surface area contributed by atoms with Crippen molar-refractivity contribution in [2.75, 3.05) is 31.1 Å². The number of anilines is 1. The summed E-state index contributed by atoms with van der Waals surface area (Å²) in [6, 6.07) is 13.0. The lowest BCUT2D eigenvalue weighted by Crippen LogP contribution is -2.52. The van der Waals surface area contributed by atoms with Crippen LogP contribution in [0.2, 0.25) is 0 Å². The van der Waals surface area contributed by atoms with Crippen LogP contribution in [-0.4, -0.2) is 48.1 Å². The van der Waals surface area contributed by atoms with Crippen LogP contribution in [0, 0.1) is 5.41 Å². The molecule has 0 spiro atoms. The van der Waals surface area contributed by atoms with Crippen molar-refractivity contribution < 1.29 is 18.0 Å². The van der Waals surface area contributed by atoms with Crippen LogP contribution in [0.1, 0.15) is 30.4 Å². The van der Waals surface area contributed by atoms with Crippen molar-refractivity contribution in [2.45, 2.75) is 38.5 Å². The van der Waals surface area contributed by atoms with Crippen molar-refractivity contribution in [3.63, 3.8) is 0 Å². The number of nitrogens with one attached hydrogen (secondary N) is 1. The Balaban J connectivity index is 1.39. The van der Waals surface area contributed by atoms with E-state index in [2.05, 4.69) is 15.2 Å². The predicted octanol–water partition coefficient (Wildman–Crippen LogP) is 3.75. The van der Waals surface area contributed by atoms with Gasteiger partial charge in [-0.05, 0) is 43.0 Å². The third-order valence-corrected chi connectivity index (χ3v) is 6.27. The van der Waals surface area contributed by atoms with Crippen LogP contribution in [-0.2, 0) is 17.9 Å². The topological polar surface area (TPSA) is 48.5 Å². The van der Waals surface area contributed by atoms with Gasteiger partial charge >= 0.3 is 6.18 Å². The number of benzene rings is 1. The molecule has 0 aliphatic carbocycles. The normalized spacial score (nSPS) is 22.1. The molecule has 1 atom stereocenters. The SMILES string of the molecule is O=C(NCc1ccc(N2CCCC2)nc1)C1(C(F)(F)F)CCN(Cc2ccccc2)C1. The number of amides is 1. The van der Waals surface area contributed by atoms with Crippen molar-refractivity contribution in [3.8, 4) is 0 Å². The molecule has 2 fully saturated rings. The van der Waals surface area contributed by atoms with Gasteiger partial charge in [-0.15, -0.1) is 0 Å². The number of rotatable bonds is 6. The first-order valence-corrected chi connectivity index (χ1v) is 10.7. The van der Waals surface area contributed by atoms with Gasteiger partial charge in [0.15, 0.2) is 5.41 Å². The zero-order chi connectivity index (χ0) is 21.9. The summed E-state index contributed by atoms with van der Waals surface area (Å²) < 4.78 is 42.1. The van der Waals surface area contributed by atoms with Crippen molar-refractivity contribution in [2.24, 2.45) is 5.41 Å². The number of pyridine rings is 1. The maximum Gasteiger partial charge on any atom is 0.404 e. The Bertz CT molecular complexity index is 882. The number of carbonyl (C=O) groups excluding carboxylic acids is 1. The Labute approximate surface area is 180 Å². The maximum absolute atomic E-state index is 14.0. The Morgan fingerprint density at radius 3 is 2.42 bits per heavy atom.